The summed E-state index contributed by atoms with van der Waals surface area (Å²) in [6.45, 7) is 1.99. The molecule has 0 saturated carbocycles. The Labute approximate surface area is 135 Å². The summed E-state index contributed by atoms with van der Waals surface area (Å²) in [5.41, 5.74) is 0.969. The fraction of sp³-hybridized carbons (Fsp3) is 0.231. The molecular weight excluding hydrogens is 324 g/mol. The standard InChI is InChI=1S/C13H12N4OS3/c1-2-10-14-11(18-16-10)8-20-12-15-17(13(19)21-12)9-6-4-3-5-7-9/h3-7H,2,8H2,1H3. The molecule has 2 aromatic heterocycles. The van der Waals surface area contributed by atoms with E-state index in [4.69, 9.17) is 16.7 Å². The SMILES string of the molecule is CCc1noc(CSc2nn(-c3ccccc3)c(=S)s2)n1. The molecule has 0 atom stereocenters. The fourth-order valence-corrected chi connectivity index (χ4v) is 3.87. The summed E-state index contributed by atoms with van der Waals surface area (Å²) >= 11 is 8.39. The van der Waals surface area contributed by atoms with Crippen LogP contribution in [-0.2, 0) is 12.2 Å². The van der Waals surface area contributed by atoms with Crippen LogP contribution >= 0.6 is 35.3 Å². The molecule has 0 fully saturated rings. The van der Waals surface area contributed by atoms with Gasteiger partial charge in [0, 0.05) is 6.42 Å². The van der Waals surface area contributed by atoms with Crippen molar-refractivity contribution in [3.8, 4) is 5.69 Å². The molecule has 21 heavy (non-hydrogen) atoms. The van der Waals surface area contributed by atoms with Crippen LogP contribution in [0, 0.1) is 3.95 Å². The number of thioether (sulfide) groups is 1. The zero-order chi connectivity index (χ0) is 14.7. The Kier molecular flexibility index (Phi) is 4.47. The number of aryl methyl sites for hydroxylation is 1. The first kappa shape index (κ1) is 14.4. The van der Waals surface area contributed by atoms with E-state index >= 15 is 0 Å². The molecule has 2 heterocycles. The molecule has 0 unspecified atom stereocenters. The van der Waals surface area contributed by atoms with Crippen molar-refractivity contribution < 1.29 is 4.52 Å². The van der Waals surface area contributed by atoms with E-state index in [1.165, 1.54) is 11.3 Å². The molecule has 3 rings (SSSR count). The second-order valence-electron chi connectivity index (χ2n) is 4.13. The minimum atomic E-state index is 0.601. The summed E-state index contributed by atoms with van der Waals surface area (Å²) < 4.78 is 8.55. The summed E-state index contributed by atoms with van der Waals surface area (Å²) in [6, 6.07) is 9.86. The first-order valence-corrected chi connectivity index (χ1v) is 8.57. The zero-order valence-electron chi connectivity index (χ0n) is 11.2. The average molecular weight is 336 g/mol. The lowest BCUT2D eigenvalue weighted by atomic mass is 10.3. The molecule has 0 spiro atoms. The van der Waals surface area contributed by atoms with E-state index in [0.717, 1.165) is 26.2 Å². The predicted octanol–water partition coefficient (Wildman–Crippen LogP) is 3.90. The normalized spacial score (nSPS) is 10.9. The van der Waals surface area contributed by atoms with Crippen molar-refractivity contribution in [1.82, 2.24) is 19.9 Å². The molecule has 3 aromatic rings. The van der Waals surface area contributed by atoms with Crippen LogP contribution in [0.2, 0.25) is 0 Å². The van der Waals surface area contributed by atoms with Crippen molar-refractivity contribution in [2.75, 3.05) is 0 Å². The van der Waals surface area contributed by atoms with Gasteiger partial charge in [0.05, 0.1) is 11.4 Å². The van der Waals surface area contributed by atoms with Gasteiger partial charge in [0.15, 0.2) is 14.1 Å². The van der Waals surface area contributed by atoms with Crippen molar-refractivity contribution in [3.05, 3.63) is 46.0 Å². The van der Waals surface area contributed by atoms with E-state index in [0.29, 0.717) is 11.6 Å². The number of benzene rings is 1. The van der Waals surface area contributed by atoms with Gasteiger partial charge in [-0.1, -0.05) is 53.4 Å². The first-order valence-electron chi connectivity index (χ1n) is 6.36. The molecule has 0 amide bonds. The topological polar surface area (TPSA) is 56.7 Å². The van der Waals surface area contributed by atoms with E-state index in [2.05, 4.69) is 15.2 Å². The van der Waals surface area contributed by atoms with E-state index in [9.17, 15) is 0 Å². The second kappa shape index (κ2) is 6.50. The maximum atomic E-state index is 5.36. The van der Waals surface area contributed by atoms with Gasteiger partial charge < -0.3 is 4.52 Å². The number of hydrogen-bond donors (Lipinski definition) is 0. The Morgan fingerprint density at radius 3 is 2.86 bits per heavy atom. The monoisotopic (exact) mass is 336 g/mol. The van der Waals surface area contributed by atoms with Crippen LogP contribution in [0.3, 0.4) is 0 Å². The van der Waals surface area contributed by atoms with E-state index in [-0.39, 0.29) is 0 Å². The van der Waals surface area contributed by atoms with Gasteiger partial charge in [-0.05, 0) is 24.4 Å². The molecule has 0 N–H and O–H groups in total. The van der Waals surface area contributed by atoms with Gasteiger partial charge in [-0.15, -0.1) is 5.10 Å². The van der Waals surface area contributed by atoms with Crippen LogP contribution in [0.5, 0.6) is 0 Å². The van der Waals surface area contributed by atoms with Crippen LogP contribution < -0.4 is 0 Å². The van der Waals surface area contributed by atoms with Crippen LogP contribution in [0.15, 0.2) is 39.2 Å². The van der Waals surface area contributed by atoms with E-state index < -0.39 is 0 Å². The summed E-state index contributed by atoms with van der Waals surface area (Å²) in [6.07, 6.45) is 0.774. The van der Waals surface area contributed by atoms with Crippen molar-refractivity contribution in [2.45, 2.75) is 23.4 Å². The molecule has 0 bridgehead atoms. The highest BCUT2D eigenvalue weighted by Gasteiger charge is 2.09. The maximum Gasteiger partial charge on any atom is 0.237 e. The van der Waals surface area contributed by atoms with Crippen LogP contribution in [0.1, 0.15) is 18.6 Å². The van der Waals surface area contributed by atoms with Crippen LogP contribution in [-0.4, -0.2) is 19.9 Å². The smallest absolute Gasteiger partial charge is 0.237 e. The van der Waals surface area contributed by atoms with Crippen molar-refractivity contribution in [2.24, 2.45) is 0 Å². The van der Waals surface area contributed by atoms with Crippen molar-refractivity contribution in [1.29, 1.82) is 0 Å². The highest BCUT2D eigenvalue weighted by molar-refractivity contribution is 8.00. The molecule has 0 aliphatic carbocycles. The molecule has 0 aliphatic rings. The second-order valence-corrected chi connectivity index (χ2v) is 6.97. The quantitative estimate of drug-likeness (QED) is 0.520. The Bertz CT molecular complexity index is 778. The Balaban J connectivity index is 1.74. The third kappa shape index (κ3) is 3.39. The first-order chi connectivity index (χ1) is 10.3. The van der Waals surface area contributed by atoms with E-state index in [1.807, 2.05) is 37.3 Å². The lowest BCUT2D eigenvalue weighted by Gasteiger charge is -1.98. The number of para-hydroxylation sites is 1. The molecule has 0 radical (unpaired) electrons. The van der Waals surface area contributed by atoms with Gasteiger partial charge in [0.2, 0.25) is 5.89 Å². The minimum absolute atomic E-state index is 0.601. The summed E-state index contributed by atoms with van der Waals surface area (Å²) in [5, 5.41) is 8.40. The maximum absolute atomic E-state index is 5.36. The number of hydrogen-bond acceptors (Lipinski definition) is 7. The lowest BCUT2D eigenvalue weighted by molar-refractivity contribution is 0.385. The Morgan fingerprint density at radius 1 is 1.33 bits per heavy atom. The Morgan fingerprint density at radius 2 is 2.14 bits per heavy atom. The van der Waals surface area contributed by atoms with Crippen molar-refractivity contribution >= 4 is 35.3 Å². The summed E-state index contributed by atoms with van der Waals surface area (Å²) in [4.78, 5) is 4.28. The minimum Gasteiger partial charge on any atom is -0.338 e. The third-order valence-electron chi connectivity index (χ3n) is 2.68. The molecule has 108 valence electrons. The van der Waals surface area contributed by atoms with Gasteiger partial charge in [-0.25, -0.2) is 4.68 Å². The number of aromatic nitrogens is 4. The van der Waals surface area contributed by atoms with Gasteiger partial charge in [-0.2, -0.15) is 4.98 Å². The van der Waals surface area contributed by atoms with Gasteiger partial charge in [-0.3, -0.25) is 0 Å². The lowest BCUT2D eigenvalue weighted by Crippen LogP contribution is -1.95. The molecular formula is C13H12N4OS3. The molecule has 5 nitrogen and oxygen atoms in total. The molecule has 8 heteroatoms. The van der Waals surface area contributed by atoms with Crippen LogP contribution in [0.25, 0.3) is 5.69 Å². The highest BCUT2D eigenvalue weighted by atomic mass is 32.2. The van der Waals surface area contributed by atoms with Crippen molar-refractivity contribution in [3.63, 3.8) is 0 Å². The molecule has 0 aliphatic heterocycles. The molecule has 0 saturated heterocycles. The number of rotatable bonds is 5. The zero-order valence-corrected chi connectivity index (χ0v) is 13.7. The van der Waals surface area contributed by atoms with Gasteiger partial charge >= 0.3 is 0 Å². The highest BCUT2D eigenvalue weighted by Crippen LogP contribution is 2.26. The summed E-state index contributed by atoms with van der Waals surface area (Å²) in [5.74, 6) is 1.95. The van der Waals surface area contributed by atoms with Gasteiger partial charge in [0.25, 0.3) is 0 Å². The van der Waals surface area contributed by atoms with E-state index in [1.54, 1.807) is 16.4 Å². The Hall–Kier alpha value is -1.51. The average Bonchev–Trinajstić information content (AvgIpc) is 3.12. The third-order valence-corrected chi connectivity index (χ3v) is 5.03. The molecule has 1 aromatic carbocycles. The van der Waals surface area contributed by atoms with Crippen LogP contribution in [0.4, 0.5) is 0 Å². The van der Waals surface area contributed by atoms with Gasteiger partial charge in [0.1, 0.15) is 0 Å². The predicted molar refractivity (Wildman–Crippen MR) is 85.5 cm³/mol. The summed E-state index contributed by atoms with van der Waals surface area (Å²) in [7, 11) is 0. The fourth-order valence-electron chi connectivity index (χ4n) is 1.67. The number of nitrogens with zero attached hydrogens (tertiary/aromatic N) is 4. The largest absolute Gasteiger partial charge is 0.338 e.